The van der Waals surface area contributed by atoms with Crippen molar-refractivity contribution in [1.82, 2.24) is 0 Å². The first kappa shape index (κ1) is 26.4. The first-order valence-electron chi connectivity index (χ1n) is 11.6. The molecule has 0 bridgehead atoms. The lowest BCUT2D eigenvalue weighted by atomic mass is 9.89. The van der Waals surface area contributed by atoms with Gasteiger partial charge in [-0.3, -0.25) is 4.79 Å². The van der Waals surface area contributed by atoms with Gasteiger partial charge in [0, 0.05) is 23.1 Å². The lowest BCUT2D eigenvalue weighted by Crippen LogP contribution is -2.14. The SMILES string of the molecule is CCC(C)C(=O)c1c(O)c(C/C=C(\C)CCC=C(C)C)c(O)c2c([C@@H](O)CC)cc(=O)oc12. The molecule has 0 aliphatic rings. The molecule has 6 nitrogen and oxygen atoms in total. The summed E-state index contributed by atoms with van der Waals surface area (Å²) in [5.41, 5.74) is 1.62. The Kier molecular flexibility index (Phi) is 9.06. The molecule has 0 saturated carbocycles. The van der Waals surface area contributed by atoms with E-state index in [-0.39, 0.29) is 51.4 Å². The number of hydrogen-bond acceptors (Lipinski definition) is 6. The quantitative estimate of drug-likeness (QED) is 0.226. The van der Waals surface area contributed by atoms with E-state index in [0.717, 1.165) is 24.5 Å². The first-order valence-corrected chi connectivity index (χ1v) is 11.6. The minimum Gasteiger partial charge on any atom is -0.507 e. The number of ketones is 1. The number of allylic oxidation sites excluding steroid dienone is 4. The van der Waals surface area contributed by atoms with Crippen LogP contribution in [0.2, 0.25) is 0 Å². The lowest BCUT2D eigenvalue weighted by molar-refractivity contribution is 0.0925. The van der Waals surface area contributed by atoms with Gasteiger partial charge >= 0.3 is 5.63 Å². The van der Waals surface area contributed by atoms with Gasteiger partial charge < -0.3 is 19.7 Å². The Morgan fingerprint density at radius 1 is 1.09 bits per heavy atom. The summed E-state index contributed by atoms with van der Waals surface area (Å²) in [6.07, 6.45) is 5.75. The molecule has 0 radical (unpaired) electrons. The summed E-state index contributed by atoms with van der Waals surface area (Å²) >= 11 is 0. The largest absolute Gasteiger partial charge is 0.507 e. The fraction of sp³-hybridized carbons (Fsp3) is 0.481. The number of aliphatic hydroxyl groups is 1. The molecule has 33 heavy (non-hydrogen) atoms. The molecule has 1 unspecified atom stereocenters. The minimum atomic E-state index is -1.03. The predicted molar refractivity (Wildman–Crippen MR) is 131 cm³/mol. The molecule has 1 heterocycles. The molecule has 1 aromatic heterocycles. The average Bonchev–Trinajstić information content (AvgIpc) is 2.76. The summed E-state index contributed by atoms with van der Waals surface area (Å²) in [5.74, 6) is -1.48. The van der Waals surface area contributed by atoms with E-state index in [4.69, 9.17) is 4.42 Å². The van der Waals surface area contributed by atoms with Gasteiger partial charge in [-0.2, -0.15) is 0 Å². The summed E-state index contributed by atoms with van der Waals surface area (Å²) in [5, 5.41) is 32.8. The second-order valence-electron chi connectivity index (χ2n) is 8.95. The second kappa shape index (κ2) is 11.3. The highest BCUT2D eigenvalue weighted by atomic mass is 16.4. The van der Waals surface area contributed by atoms with Crippen molar-refractivity contribution in [1.29, 1.82) is 0 Å². The summed E-state index contributed by atoms with van der Waals surface area (Å²) in [6.45, 7) is 11.4. The number of hydrogen-bond donors (Lipinski definition) is 3. The van der Waals surface area contributed by atoms with Crippen molar-refractivity contribution in [2.75, 3.05) is 0 Å². The molecule has 0 spiro atoms. The zero-order chi connectivity index (χ0) is 24.9. The molecule has 0 aliphatic heterocycles. The summed E-state index contributed by atoms with van der Waals surface area (Å²) in [4.78, 5) is 25.4. The van der Waals surface area contributed by atoms with Crippen LogP contribution in [0.3, 0.4) is 0 Å². The molecular formula is C27H36O6. The number of carbonyl (C=O) groups is 1. The van der Waals surface area contributed by atoms with Crippen LogP contribution in [0.1, 0.15) is 94.8 Å². The van der Waals surface area contributed by atoms with E-state index >= 15 is 0 Å². The second-order valence-corrected chi connectivity index (χ2v) is 8.95. The van der Waals surface area contributed by atoms with Crippen LogP contribution in [-0.2, 0) is 6.42 Å². The Morgan fingerprint density at radius 2 is 1.76 bits per heavy atom. The van der Waals surface area contributed by atoms with E-state index in [2.05, 4.69) is 6.08 Å². The van der Waals surface area contributed by atoms with Crippen LogP contribution in [0.4, 0.5) is 0 Å². The third kappa shape index (κ3) is 5.93. The fourth-order valence-electron chi connectivity index (χ4n) is 3.76. The Hall–Kier alpha value is -2.86. The normalized spacial score (nSPS) is 13.7. The van der Waals surface area contributed by atoms with Crippen LogP contribution in [0.25, 0.3) is 11.0 Å². The van der Waals surface area contributed by atoms with Gasteiger partial charge in [0.25, 0.3) is 0 Å². The maximum absolute atomic E-state index is 13.2. The first-order chi connectivity index (χ1) is 15.5. The lowest BCUT2D eigenvalue weighted by Gasteiger charge is -2.19. The summed E-state index contributed by atoms with van der Waals surface area (Å²) in [7, 11) is 0. The van der Waals surface area contributed by atoms with Crippen LogP contribution in [0, 0.1) is 5.92 Å². The van der Waals surface area contributed by atoms with Gasteiger partial charge in [-0.25, -0.2) is 4.79 Å². The maximum atomic E-state index is 13.2. The van der Waals surface area contributed by atoms with E-state index in [0.29, 0.717) is 12.8 Å². The van der Waals surface area contributed by atoms with Gasteiger partial charge in [0.2, 0.25) is 0 Å². The number of Topliss-reactive ketones (excluding diaryl/α,β-unsaturated/α-hetero) is 1. The van der Waals surface area contributed by atoms with E-state index in [9.17, 15) is 24.9 Å². The number of benzene rings is 1. The highest BCUT2D eigenvalue weighted by molar-refractivity contribution is 6.12. The van der Waals surface area contributed by atoms with Gasteiger partial charge in [-0.1, -0.05) is 44.1 Å². The van der Waals surface area contributed by atoms with Gasteiger partial charge in [-0.15, -0.1) is 0 Å². The molecule has 2 rings (SSSR count). The van der Waals surface area contributed by atoms with Crippen LogP contribution in [0.5, 0.6) is 11.5 Å². The third-order valence-electron chi connectivity index (χ3n) is 6.06. The third-order valence-corrected chi connectivity index (χ3v) is 6.06. The summed E-state index contributed by atoms with van der Waals surface area (Å²) < 4.78 is 5.33. The Bertz CT molecular complexity index is 1130. The van der Waals surface area contributed by atoms with Crippen molar-refractivity contribution in [3.05, 3.63) is 56.5 Å². The standard InChI is InChI=1S/C27H36O6/c1-7-17(6)24(30)23-26(32)18(13-12-16(5)11-9-10-15(3)4)25(31)22-19(20(28)8-2)14-21(29)33-27(22)23/h10,12,14,17,20,28,31-32H,7-9,11,13H2,1-6H3/b16-12+/t17?,20-/m0/s1. The zero-order valence-corrected chi connectivity index (χ0v) is 20.5. The number of aromatic hydroxyl groups is 2. The van der Waals surface area contributed by atoms with Crippen molar-refractivity contribution in [3.8, 4) is 11.5 Å². The Balaban J connectivity index is 2.77. The molecule has 2 aromatic rings. The number of rotatable bonds is 10. The van der Waals surface area contributed by atoms with Crippen molar-refractivity contribution >= 4 is 16.8 Å². The molecule has 6 heteroatoms. The zero-order valence-electron chi connectivity index (χ0n) is 20.5. The molecule has 0 fully saturated rings. The van der Waals surface area contributed by atoms with E-state index in [1.54, 1.807) is 13.8 Å². The number of fused-ring (bicyclic) bond motifs is 1. The molecular weight excluding hydrogens is 420 g/mol. The van der Waals surface area contributed by atoms with Crippen molar-refractivity contribution in [3.63, 3.8) is 0 Å². The Morgan fingerprint density at radius 3 is 2.33 bits per heavy atom. The monoisotopic (exact) mass is 456 g/mol. The number of carbonyl (C=O) groups excluding carboxylic acids is 1. The molecule has 0 saturated heterocycles. The fourth-order valence-corrected chi connectivity index (χ4v) is 3.76. The van der Waals surface area contributed by atoms with E-state index in [1.165, 1.54) is 5.57 Å². The van der Waals surface area contributed by atoms with Crippen LogP contribution in [-0.4, -0.2) is 21.1 Å². The number of phenols is 2. The molecule has 0 amide bonds. The van der Waals surface area contributed by atoms with E-state index < -0.39 is 17.6 Å². The molecule has 0 aliphatic carbocycles. The molecule has 180 valence electrons. The molecule has 2 atom stereocenters. The van der Waals surface area contributed by atoms with Crippen molar-refractivity contribution in [2.24, 2.45) is 5.92 Å². The van der Waals surface area contributed by atoms with Gasteiger partial charge in [0.05, 0.1) is 11.5 Å². The van der Waals surface area contributed by atoms with Gasteiger partial charge in [0.1, 0.15) is 17.1 Å². The van der Waals surface area contributed by atoms with Crippen LogP contribution < -0.4 is 5.63 Å². The topological polar surface area (TPSA) is 108 Å². The highest BCUT2D eigenvalue weighted by Crippen LogP contribution is 2.44. The van der Waals surface area contributed by atoms with Gasteiger partial charge in [0.15, 0.2) is 11.4 Å². The van der Waals surface area contributed by atoms with Crippen LogP contribution in [0.15, 0.2) is 38.6 Å². The van der Waals surface area contributed by atoms with Crippen LogP contribution >= 0.6 is 0 Å². The average molecular weight is 457 g/mol. The predicted octanol–water partition coefficient (Wildman–Crippen LogP) is 6.11. The molecule has 3 N–H and O–H groups in total. The number of phenolic OH excluding ortho intramolecular Hbond substituents is 2. The van der Waals surface area contributed by atoms with Gasteiger partial charge in [-0.05, 0) is 52.9 Å². The maximum Gasteiger partial charge on any atom is 0.336 e. The summed E-state index contributed by atoms with van der Waals surface area (Å²) in [6, 6.07) is 1.13. The Labute approximate surface area is 195 Å². The van der Waals surface area contributed by atoms with Crippen molar-refractivity contribution < 1.29 is 24.5 Å². The van der Waals surface area contributed by atoms with Crippen molar-refractivity contribution in [2.45, 2.75) is 79.8 Å². The highest BCUT2D eigenvalue weighted by Gasteiger charge is 2.30. The minimum absolute atomic E-state index is 0.0963. The smallest absolute Gasteiger partial charge is 0.336 e. The molecule has 1 aromatic carbocycles. The number of aliphatic hydroxyl groups excluding tert-OH is 1. The van der Waals surface area contributed by atoms with E-state index in [1.807, 2.05) is 33.8 Å².